The number of carbonyl (C=O) groups excluding carboxylic acids is 1. The number of hydrogen-bond donors (Lipinski definition) is 1. The summed E-state index contributed by atoms with van der Waals surface area (Å²) in [6, 6.07) is 14.3. The van der Waals surface area contributed by atoms with Gasteiger partial charge in [-0.3, -0.25) is 10.2 Å². The van der Waals surface area contributed by atoms with Gasteiger partial charge in [0.15, 0.2) is 5.84 Å². The van der Waals surface area contributed by atoms with Gasteiger partial charge in [-0.25, -0.2) is 4.39 Å². The number of aromatic nitrogens is 1. The van der Waals surface area contributed by atoms with Gasteiger partial charge in [-0.15, -0.1) is 0 Å². The number of amidine groups is 2. The lowest BCUT2D eigenvalue weighted by atomic mass is 10.1. The fourth-order valence-corrected chi connectivity index (χ4v) is 4.95. The number of thioether (sulfide) groups is 1. The number of aryl methyl sites for hydroxylation is 3. The Hall–Kier alpha value is -3.78. The van der Waals surface area contributed by atoms with Gasteiger partial charge in [0, 0.05) is 22.6 Å². The Labute approximate surface area is 201 Å². The van der Waals surface area contributed by atoms with Crippen LogP contribution in [0, 0.1) is 38.9 Å². The summed E-state index contributed by atoms with van der Waals surface area (Å²) >= 11 is 1.19. The van der Waals surface area contributed by atoms with Crippen molar-refractivity contribution in [1.82, 2.24) is 9.58 Å². The number of nitrogens with one attached hydrogen (secondary N) is 1. The van der Waals surface area contributed by atoms with Crippen LogP contribution in [0.15, 0.2) is 64.2 Å². The number of hydrogen-bond acceptors (Lipinski definition) is 4. The summed E-state index contributed by atoms with van der Waals surface area (Å²) in [5.41, 5.74) is 7.20. The van der Waals surface area contributed by atoms with Crippen LogP contribution in [0.4, 0.5) is 4.39 Å². The van der Waals surface area contributed by atoms with Crippen LogP contribution in [0.3, 0.4) is 0 Å². The van der Waals surface area contributed by atoms with Crippen molar-refractivity contribution in [3.05, 3.63) is 93.6 Å². The van der Waals surface area contributed by atoms with E-state index in [0.29, 0.717) is 15.8 Å². The van der Waals surface area contributed by atoms with Gasteiger partial charge in [-0.05, 0) is 105 Å². The Morgan fingerprint density at radius 2 is 1.74 bits per heavy atom. The summed E-state index contributed by atoms with van der Waals surface area (Å²) in [6.07, 6.45) is 1.71. The molecule has 0 atom stereocenters. The molecule has 2 aliphatic rings. The summed E-state index contributed by atoms with van der Waals surface area (Å²) in [7, 11) is 0. The summed E-state index contributed by atoms with van der Waals surface area (Å²) < 4.78 is 15.4. The van der Waals surface area contributed by atoms with Crippen molar-refractivity contribution in [3.8, 4) is 5.69 Å². The molecule has 5 rings (SSSR count). The molecule has 1 amide bonds. The number of fused-ring (bicyclic) bond motifs is 1. The predicted molar refractivity (Wildman–Crippen MR) is 135 cm³/mol. The van der Waals surface area contributed by atoms with E-state index in [9.17, 15) is 9.18 Å². The molecule has 0 radical (unpaired) electrons. The third kappa shape index (κ3) is 3.70. The smallest absolute Gasteiger partial charge is 0.283 e. The van der Waals surface area contributed by atoms with Crippen LogP contribution in [0.1, 0.15) is 33.6 Å². The van der Waals surface area contributed by atoms with E-state index in [-0.39, 0.29) is 17.2 Å². The highest BCUT2D eigenvalue weighted by molar-refractivity contribution is 8.27. The van der Waals surface area contributed by atoms with E-state index >= 15 is 0 Å². The van der Waals surface area contributed by atoms with Crippen LogP contribution in [-0.2, 0) is 4.79 Å². The lowest BCUT2D eigenvalue weighted by Gasteiger charge is -2.20. The first-order valence-electron chi connectivity index (χ1n) is 10.8. The number of carbonyl (C=O) groups is 1. The topological polar surface area (TPSA) is 73.8 Å². The molecule has 0 saturated heterocycles. The van der Waals surface area contributed by atoms with E-state index in [1.165, 1.54) is 40.0 Å². The highest BCUT2D eigenvalue weighted by atomic mass is 32.2. The van der Waals surface area contributed by atoms with Crippen LogP contribution in [-0.4, -0.2) is 31.5 Å². The van der Waals surface area contributed by atoms with E-state index in [2.05, 4.69) is 46.7 Å². The third-order valence-electron chi connectivity index (χ3n) is 6.06. The first-order chi connectivity index (χ1) is 16.2. The van der Waals surface area contributed by atoms with Gasteiger partial charge in [0.25, 0.3) is 5.91 Å². The zero-order valence-corrected chi connectivity index (χ0v) is 20.0. The minimum atomic E-state index is -0.477. The van der Waals surface area contributed by atoms with Gasteiger partial charge in [0.2, 0.25) is 5.17 Å². The zero-order valence-electron chi connectivity index (χ0n) is 19.2. The number of hydrazone groups is 1. The maximum atomic E-state index is 13.3. The van der Waals surface area contributed by atoms with E-state index in [4.69, 9.17) is 5.41 Å². The molecule has 1 aromatic heterocycles. The molecule has 170 valence electrons. The molecule has 3 heterocycles. The number of amides is 1. The van der Waals surface area contributed by atoms with Crippen molar-refractivity contribution in [2.45, 2.75) is 27.7 Å². The molecular weight excluding hydrogens is 449 g/mol. The van der Waals surface area contributed by atoms with Crippen LogP contribution >= 0.6 is 11.8 Å². The molecule has 2 aromatic carbocycles. The molecule has 34 heavy (non-hydrogen) atoms. The molecule has 0 bridgehead atoms. The van der Waals surface area contributed by atoms with Crippen LogP contribution in [0.5, 0.6) is 0 Å². The van der Waals surface area contributed by atoms with Gasteiger partial charge < -0.3 is 4.57 Å². The molecule has 2 aliphatic heterocycles. The van der Waals surface area contributed by atoms with Crippen molar-refractivity contribution >= 4 is 39.8 Å². The summed E-state index contributed by atoms with van der Waals surface area (Å²) in [6.45, 7) is 8.18. The zero-order chi connectivity index (χ0) is 24.1. The molecular formula is C26H22FN5OS. The van der Waals surface area contributed by atoms with Gasteiger partial charge in [-0.1, -0.05) is 6.07 Å². The maximum absolute atomic E-state index is 13.3. The van der Waals surface area contributed by atoms with Gasteiger partial charge in [0.05, 0.1) is 5.57 Å². The van der Waals surface area contributed by atoms with Crippen LogP contribution in [0.2, 0.25) is 0 Å². The quantitative estimate of drug-likeness (QED) is 0.512. The van der Waals surface area contributed by atoms with Crippen molar-refractivity contribution in [2.75, 3.05) is 0 Å². The van der Waals surface area contributed by atoms with Crippen molar-refractivity contribution in [1.29, 1.82) is 5.41 Å². The second-order valence-electron chi connectivity index (χ2n) is 8.36. The number of aliphatic imine (C=N–C) groups is 1. The van der Waals surface area contributed by atoms with Gasteiger partial charge >= 0.3 is 0 Å². The summed E-state index contributed by atoms with van der Waals surface area (Å²) in [4.78, 5) is 17.0. The third-order valence-corrected chi connectivity index (χ3v) is 7.02. The molecule has 8 heteroatoms. The molecule has 3 aromatic rings. The Morgan fingerprint density at radius 1 is 1.00 bits per heavy atom. The molecule has 1 N–H and O–H groups in total. The highest BCUT2D eigenvalue weighted by Crippen LogP contribution is 2.32. The fraction of sp³-hybridized carbons (Fsp3) is 0.154. The first-order valence-corrected chi connectivity index (χ1v) is 11.6. The average Bonchev–Trinajstić information content (AvgIpc) is 3.34. The van der Waals surface area contributed by atoms with E-state index in [1.807, 2.05) is 19.9 Å². The first kappa shape index (κ1) is 22.0. The molecule has 6 nitrogen and oxygen atoms in total. The van der Waals surface area contributed by atoms with E-state index in [1.54, 1.807) is 18.2 Å². The predicted octanol–water partition coefficient (Wildman–Crippen LogP) is 5.52. The van der Waals surface area contributed by atoms with Crippen molar-refractivity contribution in [2.24, 2.45) is 10.1 Å². The molecule has 0 saturated carbocycles. The number of halogens is 1. The average molecular weight is 472 g/mol. The lowest BCUT2D eigenvalue weighted by molar-refractivity contribution is -0.114. The number of benzene rings is 2. The molecule has 0 aliphatic carbocycles. The van der Waals surface area contributed by atoms with E-state index in [0.717, 1.165) is 22.6 Å². The standard InChI is InChI=1S/C26H22FN5OS/c1-14-5-10-21(11-15(14)2)31-16(3)12-19(17(31)4)13-22-23(28)32-26(29-24(22)33)34-25(30-32)18-6-8-20(27)9-7-18/h5-13,28H,1-4H3. The minimum Gasteiger partial charge on any atom is -0.318 e. The van der Waals surface area contributed by atoms with Gasteiger partial charge in [-0.2, -0.15) is 15.1 Å². The minimum absolute atomic E-state index is 0.0319. The number of rotatable bonds is 3. The normalized spacial score (nSPS) is 16.7. The lowest BCUT2D eigenvalue weighted by Crippen LogP contribution is -2.35. The second-order valence-corrected chi connectivity index (χ2v) is 9.32. The fourth-order valence-electron chi connectivity index (χ4n) is 4.05. The van der Waals surface area contributed by atoms with Crippen molar-refractivity contribution < 1.29 is 9.18 Å². The Balaban J connectivity index is 1.51. The monoisotopic (exact) mass is 471 g/mol. The molecule has 0 unspecified atom stereocenters. The molecule has 0 spiro atoms. The van der Waals surface area contributed by atoms with Crippen molar-refractivity contribution in [3.63, 3.8) is 0 Å². The Kier molecular flexibility index (Phi) is 5.32. The van der Waals surface area contributed by atoms with E-state index < -0.39 is 5.91 Å². The maximum Gasteiger partial charge on any atom is 0.283 e. The Bertz CT molecular complexity index is 1460. The summed E-state index contributed by atoms with van der Waals surface area (Å²) in [5.74, 6) is -0.847. The highest BCUT2D eigenvalue weighted by Gasteiger charge is 2.36. The summed E-state index contributed by atoms with van der Waals surface area (Å²) in [5, 5.41) is 15.4. The molecule has 0 fully saturated rings. The van der Waals surface area contributed by atoms with Gasteiger partial charge in [0.1, 0.15) is 10.9 Å². The largest absolute Gasteiger partial charge is 0.318 e. The number of nitrogens with zero attached hydrogens (tertiary/aromatic N) is 4. The Morgan fingerprint density at radius 3 is 2.44 bits per heavy atom. The SMILES string of the molecule is Cc1ccc(-n2c(C)cc(C=C3C(=N)N4N=C(c5ccc(F)cc5)SC4=NC3=O)c2C)cc1C. The van der Waals surface area contributed by atoms with Crippen LogP contribution in [0.25, 0.3) is 11.8 Å². The second kappa shape index (κ2) is 8.22. The van der Waals surface area contributed by atoms with Crippen LogP contribution < -0.4 is 0 Å².